The van der Waals surface area contributed by atoms with Gasteiger partial charge in [-0.3, -0.25) is 4.90 Å². The van der Waals surface area contributed by atoms with Crippen LogP contribution in [0.4, 0.5) is 0 Å². The van der Waals surface area contributed by atoms with Crippen molar-refractivity contribution in [2.75, 3.05) is 32.8 Å². The topological polar surface area (TPSA) is 32.7 Å². The normalized spacial score (nSPS) is 26.4. The zero-order valence-corrected chi connectivity index (χ0v) is 6.49. The van der Waals surface area contributed by atoms with Gasteiger partial charge in [0.05, 0.1) is 25.9 Å². The predicted octanol–water partition coefficient (Wildman–Crippen LogP) is -0.687. The minimum Gasteiger partial charge on any atom is -0.394 e. The van der Waals surface area contributed by atoms with Gasteiger partial charge in [0.1, 0.15) is 0 Å². The molecule has 1 unspecified atom stereocenters. The van der Waals surface area contributed by atoms with Crippen molar-refractivity contribution in [1.82, 2.24) is 4.90 Å². The fraction of sp³-hybridized carbons (Fsp3) is 0.750. The van der Waals surface area contributed by atoms with Gasteiger partial charge in [0, 0.05) is 13.1 Å². The van der Waals surface area contributed by atoms with Crippen molar-refractivity contribution in [2.24, 2.45) is 0 Å². The number of aliphatic hydroxyl groups is 1. The van der Waals surface area contributed by atoms with Crippen LogP contribution in [0.1, 0.15) is 0 Å². The summed E-state index contributed by atoms with van der Waals surface area (Å²) in [5.41, 5.74) is 0. The lowest BCUT2D eigenvalue weighted by Gasteiger charge is -2.30. The Balaban J connectivity index is 2.28. The molecule has 1 fully saturated rings. The van der Waals surface area contributed by atoms with Crippen LogP contribution in [-0.4, -0.2) is 49.0 Å². The van der Waals surface area contributed by atoms with Gasteiger partial charge in [-0.05, 0) is 0 Å². The first-order valence-corrected chi connectivity index (χ1v) is 3.75. The Bertz CT molecular complexity index is 153. The van der Waals surface area contributed by atoms with Crippen LogP contribution in [0.25, 0.3) is 0 Å². The van der Waals surface area contributed by atoms with Gasteiger partial charge in [0.2, 0.25) is 0 Å². The summed E-state index contributed by atoms with van der Waals surface area (Å²) < 4.78 is 5.24. The quantitative estimate of drug-likeness (QED) is 0.536. The first kappa shape index (κ1) is 8.54. The number of aliphatic hydroxyl groups excluding tert-OH is 1. The molecule has 11 heavy (non-hydrogen) atoms. The second-order valence-electron chi connectivity index (χ2n) is 2.61. The van der Waals surface area contributed by atoms with E-state index in [0.717, 1.165) is 13.1 Å². The van der Waals surface area contributed by atoms with E-state index in [1.807, 2.05) is 0 Å². The summed E-state index contributed by atoms with van der Waals surface area (Å²) in [6.45, 7) is 3.04. The highest BCUT2D eigenvalue weighted by atomic mass is 16.5. The largest absolute Gasteiger partial charge is 0.394 e. The lowest BCUT2D eigenvalue weighted by Crippen LogP contribution is -2.43. The van der Waals surface area contributed by atoms with Gasteiger partial charge in [0.25, 0.3) is 0 Å². The molecule has 0 radical (unpaired) electrons. The van der Waals surface area contributed by atoms with Crippen molar-refractivity contribution >= 4 is 0 Å². The van der Waals surface area contributed by atoms with Crippen molar-refractivity contribution in [1.29, 1.82) is 0 Å². The molecule has 0 aliphatic carbocycles. The smallest absolute Gasteiger partial charge is 0.0933 e. The second kappa shape index (κ2) is 4.35. The Kier molecular flexibility index (Phi) is 3.37. The van der Waals surface area contributed by atoms with Crippen LogP contribution in [-0.2, 0) is 4.74 Å². The third-order valence-corrected chi connectivity index (χ3v) is 1.74. The maximum absolute atomic E-state index is 8.77. The van der Waals surface area contributed by atoms with Gasteiger partial charge in [-0.25, -0.2) is 0 Å². The van der Waals surface area contributed by atoms with Crippen molar-refractivity contribution in [3.05, 3.63) is 0 Å². The molecule has 1 saturated heterocycles. The van der Waals surface area contributed by atoms with E-state index in [9.17, 15) is 0 Å². The van der Waals surface area contributed by atoms with Gasteiger partial charge >= 0.3 is 0 Å². The Morgan fingerprint density at radius 3 is 3.18 bits per heavy atom. The molecule has 1 heterocycles. The Morgan fingerprint density at radius 2 is 2.55 bits per heavy atom. The fourth-order valence-corrected chi connectivity index (χ4v) is 1.16. The van der Waals surface area contributed by atoms with Gasteiger partial charge < -0.3 is 9.84 Å². The molecule has 1 N–H and O–H groups in total. The summed E-state index contributed by atoms with van der Waals surface area (Å²) in [5.74, 6) is 2.57. The predicted molar refractivity (Wildman–Crippen MR) is 42.1 cm³/mol. The number of nitrogens with zero attached hydrogens (tertiary/aromatic N) is 1. The van der Waals surface area contributed by atoms with Crippen molar-refractivity contribution in [3.8, 4) is 12.3 Å². The standard InChI is InChI=1S/C8H13NO2/c1-2-3-9-4-5-11-8(6-9)7-10/h1,8,10H,3-7H2. The van der Waals surface area contributed by atoms with E-state index in [2.05, 4.69) is 10.8 Å². The third kappa shape index (κ3) is 2.51. The van der Waals surface area contributed by atoms with E-state index in [0.29, 0.717) is 13.2 Å². The zero-order valence-electron chi connectivity index (χ0n) is 6.49. The molecule has 3 nitrogen and oxygen atoms in total. The summed E-state index contributed by atoms with van der Waals surface area (Å²) in [4.78, 5) is 2.10. The second-order valence-corrected chi connectivity index (χ2v) is 2.61. The molecule has 1 aliphatic heterocycles. The molecule has 0 spiro atoms. The Hall–Kier alpha value is -0.560. The van der Waals surface area contributed by atoms with E-state index in [1.165, 1.54) is 0 Å². The highest BCUT2D eigenvalue weighted by molar-refractivity contribution is 4.89. The molecule has 62 valence electrons. The third-order valence-electron chi connectivity index (χ3n) is 1.74. The maximum atomic E-state index is 8.77. The molecule has 0 aromatic carbocycles. The van der Waals surface area contributed by atoms with Crippen molar-refractivity contribution in [3.63, 3.8) is 0 Å². The number of rotatable bonds is 2. The average Bonchev–Trinajstić information content (AvgIpc) is 2.06. The van der Waals surface area contributed by atoms with Crippen LogP contribution in [0.2, 0.25) is 0 Å². The van der Waals surface area contributed by atoms with Crippen LogP contribution < -0.4 is 0 Å². The molecule has 0 aromatic rings. The molecule has 1 rings (SSSR count). The SMILES string of the molecule is C#CCN1CCOC(CO)C1. The molecular weight excluding hydrogens is 142 g/mol. The first-order valence-electron chi connectivity index (χ1n) is 3.75. The van der Waals surface area contributed by atoms with Crippen molar-refractivity contribution in [2.45, 2.75) is 6.10 Å². The van der Waals surface area contributed by atoms with E-state index in [-0.39, 0.29) is 12.7 Å². The zero-order chi connectivity index (χ0) is 8.10. The number of ether oxygens (including phenoxy) is 1. The van der Waals surface area contributed by atoms with Gasteiger partial charge in [-0.15, -0.1) is 6.42 Å². The number of hydrogen-bond donors (Lipinski definition) is 1. The van der Waals surface area contributed by atoms with Crippen molar-refractivity contribution < 1.29 is 9.84 Å². The van der Waals surface area contributed by atoms with Gasteiger partial charge in [-0.2, -0.15) is 0 Å². The number of hydrogen-bond acceptors (Lipinski definition) is 3. The molecule has 3 heteroatoms. The van der Waals surface area contributed by atoms with E-state index in [1.54, 1.807) is 0 Å². The average molecular weight is 155 g/mol. The molecule has 0 aromatic heterocycles. The molecule has 0 amide bonds. The van der Waals surface area contributed by atoms with Gasteiger partial charge in [-0.1, -0.05) is 5.92 Å². The van der Waals surface area contributed by atoms with E-state index in [4.69, 9.17) is 16.3 Å². The summed E-state index contributed by atoms with van der Waals surface area (Å²) in [5, 5.41) is 8.77. The lowest BCUT2D eigenvalue weighted by atomic mass is 10.3. The summed E-state index contributed by atoms with van der Waals surface area (Å²) in [6, 6.07) is 0. The summed E-state index contributed by atoms with van der Waals surface area (Å²) >= 11 is 0. The number of terminal acetylenes is 1. The Morgan fingerprint density at radius 1 is 1.73 bits per heavy atom. The first-order chi connectivity index (χ1) is 5.36. The minimum absolute atomic E-state index is 0.0444. The van der Waals surface area contributed by atoms with Crippen LogP contribution >= 0.6 is 0 Å². The van der Waals surface area contributed by atoms with Crippen LogP contribution in [0.5, 0.6) is 0 Å². The summed E-state index contributed by atoms with van der Waals surface area (Å²) in [6.07, 6.45) is 5.11. The fourth-order valence-electron chi connectivity index (χ4n) is 1.16. The van der Waals surface area contributed by atoms with Crippen LogP contribution in [0.3, 0.4) is 0 Å². The Labute approximate surface area is 67.0 Å². The van der Waals surface area contributed by atoms with Crippen LogP contribution in [0, 0.1) is 12.3 Å². The van der Waals surface area contributed by atoms with E-state index >= 15 is 0 Å². The molecule has 0 bridgehead atoms. The lowest BCUT2D eigenvalue weighted by molar-refractivity contribution is -0.0489. The van der Waals surface area contributed by atoms with E-state index < -0.39 is 0 Å². The summed E-state index contributed by atoms with van der Waals surface area (Å²) in [7, 11) is 0. The number of morpholine rings is 1. The monoisotopic (exact) mass is 155 g/mol. The molecule has 1 atom stereocenters. The maximum Gasteiger partial charge on any atom is 0.0933 e. The highest BCUT2D eigenvalue weighted by Gasteiger charge is 2.18. The minimum atomic E-state index is -0.0444. The molecule has 1 aliphatic rings. The van der Waals surface area contributed by atoms with Gasteiger partial charge in [0.15, 0.2) is 0 Å². The molecule has 0 saturated carbocycles. The molecular formula is C8H13NO2. The van der Waals surface area contributed by atoms with Crippen LogP contribution in [0.15, 0.2) is 0 Å². The highest BCUT2D eigenvalue weighted by Crippen LogP contribution is 2.02.